The maximum absolute atomic E-state index is 13.0. The van der Waals surface area contributed by atoms with E-state index in [1.54, 1.807) is 17.2 Å². The lowest BCUT2D eigenvalue weighted by atomic mass is 10.2. The predicted molar refractivity (Wildman–Crippen MR) is 91.5 cm³/mol. The number of hydrogen-bond acceptors (Lipinski definition) is 7. The van der Waals surface area contributed by atoms with Crippen LogP contribution in [0.5, 0.6) is 0 Å². The average Bonchev–Trinajstić information content (AvgIpc) is 3.11. The van der Waals surface area contributed by atoms with Crippen molar-refractivity contribution in [2.24, 2.45) is 0 Å². The summed E-state index contributed by atoms with van der Waals surface area (Å²) in [4.78, 5) is 20.9. The van der Waals surface area contributed by atoms with Crippen LogP contribution in [0.4, 0.5) is 5.69 Å². The summed E-state index contributed by atoms with van der Waals surface area (Å²) in [5, 5.41) is 8.18. The maximum atomic E-state index is 13.0. The van der Waals surface area contributed by atoms with Gasteiger partial charge >= 0.3 is 0 Å². The summed E-state index contributed by atoms with van der Waals surface area (Å²) < 4.78 is 11.3. The Labute approximate surface area is 146 Å². The smallest absolute Gasteiger partial charge is 0.273 e. The molecule has 1 fully saturated rings. The molecule has 3 heterocycles. The zero-order valence-corrected chi connectivity index (χ0v) is 15.0. The van der Waals surface area contributed by atoms with E-state index in [1.807, 2.05) is 38.9 Å². The van der Waals surface area contributed by atoms with E-state index < -0.39 is 6.04 Å². The van der Waals surface area contributed by atoms with Gasteiger partial charge in [0, 0.05) is 38.4 Å². The third kappa shape index (κ3) is 3.63. The van der Waals surface area contributed by atoms with E-state index in [2.05, 4.69) is 15.2 Å². The number of ether oxygens (including phenoxy) is 1. The van der Waals surface area contributed by atoms with Crippen LogP contribution < -0.4 is 4.90 Å². The number of carbonyl (C=O) groups is 1. The number of rotatable bonds is 4. The van der Waals surface area contributed by atoms with Crippen molar-refractivity contribution in [1.82, 2.24) is 20.1 Å². The van der Waals surface area contributed by atoms with Crippen molar-refractivity contribution >= 4 is 11.6 Å². The Morgan fingerprint density at radius 3 is 2.84 bits per heavy atom. The Hall–Kier alpha value is -2.48. The fraction of sp³-hybridized carbons (Fsp3) is 0.529. The van der Waals surface area contributed by atoms with Crippen LogP contribution in [0.25, 0.3) is 0 Å². The molecule has 25 heavy (non-hydrogen) atoms. The van der Waals surface area contributed by atoms with Crippen LogP contribution in [0.2, 0.25) is 0 Å². The number of hydrogen-bond donors (Lipinski definition) is 0. The lowest BCUT2D eigenvalue weighted by molar-refractivity contribution is -0.0110. The van der Waals surface area contributed by atoms with Gasteiger partial charge in [-0.2, -0.15) is 0 Å². The van der Waals surface area contributed by atoms with Gasteiger partial charge in [-0.3, -0.25) is 9.78 Å². The fourth-order valence-electron chi connectivity index (χ4n) is 2.63. The molecule has 8 nitrogen and oxygen atoms in total. The molecule has 1 atom stereocenters. The Morgan fingerprint density at radius 1 is 1.36 bits per heavy atom. The Bertz CT molecular complexity index is 743. The van der Waals surface area contributed by atoms with Crippen molar-refractivity contribution in [3.8, 4) is 0 Å². The zero-order chi connectivity index (χ0) is 18.0. The normalized spacial score (nSPS) is 17.8. The highest BCUT2D eigenvalue weighted by Gasteiger charge is 2.34. The first-order chi connectivity index (χ1) is 12.0. The molecule has 3 rings (SSSR count). The summed E-state index contributed by atoms with van der Waals surface area (Å²) in [5.74, 6) is 0.927. The van der Waals surface area contributed by atoms with E-state index >= 15 is 0 Å². The minimum Gasteiger partial charge on any atom is -0.423 e. The molecule has 0 aromatic carbocycles. The second kappa shape index (κ2) is 7.18. The highest BCUT2D eigenvalue weighted by Crippen LogP contribution is 2.26. The Morgan fingerprint density at radius 2 is 2.16 bits per heavy atom. The molecular weight excluding hydrogens is 322 g/mol. The van der Waals surface area contributed by atoms with E-state index in [0.717, 1.165) is 5.69 Å². The molecule has 1 saturated heterocycles. The van der Waals surface area contributed by atoms with E-state index in [0.29, 0.717) is 37.2 Å². The molecule has 0 N–H and O–H groups in total. The molecular formula is C17H23N5O3. The van der Waals surface area contributed by atoms with Gasteiger partial charge in [-0.25, -0.2) is 0 Å². The number of pyridine rings is 1. The van der Waals surface area contributed by atoms with E-state index in [1.165, 1.54) is 0 Å². The minimum absolute atomic E-state index is 0.133. The van der Waals surface area contributed by atoms with Crippen LogP contribution in [0, 0.1) is 0 Å². The van der Waals surface area contributed by atoms with Gasteiger partial charge in [-0.1, -0.05) is 13.8 Å². The molecule has 0 aliphatic carbocycles. The molecule has 134 valence electrons. The lowest BCUT2D eigenvalue weighted by Crippen LogP contribution is -2.43. The summed E-state index contributed by atoms with van der Waals surface area (Å²) in [6.45, 7) is 5.22. The Balaban J connectivity index is 1.87. The number of amides is 1. The molecule has 0 saturated carbocycles. The van der Waals surface area contributed by atoms with Gasteiger partial charge in [0.1, 0.15) is 11.7 Å². The second-order valence-electron chi connectivity index (χ2n) is 6.52. The number of carbonyl (C=O) groups excluding carboxylic acids is 1. The number of morpholine rings is 1. The van der Waals surface area contributed by atoms with Crippen molar-refractivity contribution in [1.29, 1.82) is 0 Å². The average molecular weight is 345 g/mol. The summed E-state index contributed by atoms with van der Waals surface area (Å²) in [6, 6.07) is 3.24. The molecule has 1 amide bonds. The standard InChI is InChI=1S/C17H23N5O3/c1-11(2)15-19-20-16(25-15)14-10-24-8-7-22(14)17(23)13-9-12(21(3)4)5-6-18-13/h5-6,9,11,14H,7-8,10H2,1-4H3/t14-/m0/s1. The SMILES string of the molecule is CC(C)c1nnc([C@@H]2COCCN2C(=O)c2cc(N(C)C)ccn2)o1. The van der Waals surface area contributed by atoms with Gasteiger partial charge in [0.2, 0.25) is 11.8 Å². The van der Waals surface area contributed by atoms with Gasteiger partial charge in [-0.05, 0) is 12.1 Å². The monoisotopic (exact) mass is 345 g/mol. The topological polar surface area (TPSA) is 84.6 Å². The number of nitrogens with zero attached hydrogens (tertiary/aromatic N) is 5. The first-order valence-corrected chi connectivity index (χ1v) is 8.32. The molecule has 2 aromatic heterocycles. The van der Waals surface area contributed by atoms with Gasteiger partial charge in [-0.15, -0.1) is 10.2 Å². The van der Waals surface area contributed by atoms with Crippen molar-refractivity contribution in [3.63, 3.8) is 0 Å². The van der Waals surface area contributed by atoms with Crippen LogP contribution in [0.3, 0.4) is 0 Å². The van der Waals surface area contributed by atoms with Gasteiger partial charge in [0.25, 0.3) is 5.91 Å². The molecule has 8 heteroatoms. The van der Waals surface area contributed by atoms with Crippen LogP contribution in [-0.4, -0.2) is 59.8 Å². The second-order valence-corrected chi connectivity index (χ2v) is 6.52. The number of anilines is 1. The largest absolute Gasteiger partial charge is 0.423 e. The van der Waals surface area contributed by atoms with Crippen molar-refractivity contribution in [2.45, 2.75) is 25.8 Å². The van der Waals surface area contributed by atoms with Gasteiger partial charge < -0.3 is 19.0 Å². The molecule has 0 spiro atoms. The summed E-state index contributed by atoms with van der Waals surface area (Å²) >= 11 is 0. The van der Waals surface area contributed by atoms with E-state index in [4.69, 9.17) is 9.15 Å². The third-order valence-corrected chi connectivity index (χ3v) is 4.10. The summed E-state index contributed by atoms with van der Waals surface area (Å²) in [5.41, 5.74) is 1.31. The number of aromatic nitrogens is 3. The quantitative estimate of drug-likeness (QED) is 0.836. The highest BCUT2D eigenvalue weighted by atomic mass is 16.5. The first kappa shape index (κ1) is 17.3. The molecule has 1 aliphatic rings. The third-order valence-electron chi connectivity index (χ3n) is 4.10. The zero-order valence-electron chi connectivity index (χ0n) is 15.0. The van der Waals surface area contributed by atoms with E-state index in [-0.39, 0.29) is 11.8 Å². The predicted octanol–water partition coefficient (Wildman–Crippen LogP) is 1.87. The Kier molecular flexibility index (Phi) is 4.98. The van der Waals surface area contributed by atoms with Crippen molar-refractivity contribution in [2.75, 3.05) is 38.8 Å². The minimum atomic E-state index is -0.397. The summed E-state index contributed by atoms with van der Waals surface area (Å²) in [6.07, 6.45) is 1.64. The fourth-order valence-corrected chi connectivity index (χ4v) is 2.63. The lowest BCUT2D eigenvalue weighted by Gasteiger charge is -2.33. The van der Waals surface area contributed by atoms with Crippen molar-refractivity contribution in [3.05, 3.63) is 35.8 Å². The van der Waals surface area contributed by atoms with Crippen LogP contribution in [0.1, 0.15) is 48.1 Å². The van der Waals surface area contributed by atoms with Crippen LogP contribution >= 0.6 is 0 Å². The first-order valence-electron chi connectivity index (χ1n) is 8.32. The summed E-state index contributed by atoms with van der Waals surface area (Å²) in [7, 11) is 3.85. The van der Waals surface area contributed by atoms with Gasteiger partial charge in [0.15, 0.2) is 0 Å². The molecule has 1 aliphatic heterocycles. The van der Waals surface area contributed by atoms with Crippen LogP contribution in [-0.2, 0) is 4.74 Å². The molecule has 0 radical (unpaired) electrons. The highest BCUT2D eigenvalue weighted by molar-refractivity contribution is 5.93. The maximum Gasteiger partial charge on any atom is 0.273 e. The molecule has 2 aromatic rings. The van der Waals surface area contributed by atoms with Crippen molar-refractivity contribution < 1.29 is 13.9 Å². The van der Waals surface area contributed by atoms with Crippen LogP contribution in [0.15, 0.2) is 22.7 Å². The molecule has 0 unspecified atom stereocenters. The van der Waals surface area contributed by atoms with Gasteiger partial charge in [0.05, 0.1) is 13.2 Å². The van der Waals surface area contributed by atoms with E-state index in [9.17, 15) is 4.79 Å². The molecule has 0 bridgehead atoms.